The Balaban J connectivity index is 1.95. The van der Waals surface area contributed by atoms with Crippen LogP contribution in [0.4, 0.5) is 4.79 Å². The lowest BCUT2D eigenvalue weighted by Gasteiger charge is -2.25. The van der Waals surface area contributed by atoms with Crippen LogP contribution in [0.25, 0.3) is 0 Å². The number of nitrogens with zero attached hydrogens (tertiary/aromatic N) is 1. The number of carbonyl (C=O) groups excluding carboxylic acids is 1. The number of aliphatic carboxylic acids is 1. The topological polar surface area (TPSA) is 69.6 Å². The fourth-order valence-electron chi connectivity index (χ4n) is 2.46. The Morgan fingerprint density at radius 2 is 2.18 bits per heavy atom. The zero-order valence-electron chi connectivity index (χ0n) is 9.89. The van der Waals surface area contributed by atoms with Gasteiger partial charge in [0.1, 0.15) is 6.04 Å². The maximum absolute atomic E-state index is 12.0. The van der Waals surface area contributed by atoms with Crippen LogP contribution >= 0.6 is 11.8 Å². The number of hydrogen-bond donors (Lipinski definition) is 2. The van der Waals surface area contributed by atoms with E-state index >= 15 is 0 Å². The van der Waals surface area contributed by atoms with Crippen LogP contribution in [0.3, 0.4) is 0 Å². The average molecular weight is 258 g/mol. The normalized spacial score (nSPS) is 32.8. The Kier molecular flexibility index (Phi) is 3.81. The van der Waals surface area contributed by atoms with Crippen molar-refractivity contribution in [1.82, 2.24) is 10.2 Å². The van der Waals surface area contributed by atoms with Crippen molar-refractivity contribution in [2.45, 2.75) is 31.8 Å². The van der Waals surface area contributed by atoms with E-state index in [1.165, 1.54) is 4.90 Å². The third-order valence-corrected chi connectivity index (χ3v) is 4.63. The quantitative estimate of drug-likeness (QED) is 0.775. The van der Waals surface area contributed by atoms with Crippen molar-refractivity contribution in [1.29, 1.82) is 0 Å². The highest BCUT2D eigenvalue weighted by atomic mass is 32.2. The van der Waals surface area contributed by atoms with Crippen LogP contribution in [-0.4, -0.2) is 52.1 Å². The molecular formula is C11H18N2O3S. The van der Waals surface area contributed by atoms with E-state index in [0.717, 1.165) is 24.3 Å². The molecule has 5 nitrogen and oxygen atoms in total. The molecule has 0 aromatic rings. The summed E-state index contributed by atoms with van der Waals surface area (Å²) >= 11 is 1.82. The van der Waals surface area contributed by atoms with Crippen LogP contribution in [0, 0.1) is 5.92 Å². The molecule has 0 spiro atoms. The van der Waals surface area contributed by atoms with Gasteiger partial charge in [0, 0.05) is 18.3 Å². The number of carbonyl (C=O) groups is 2. The van der Waals surface area contributed by atoms with Gasteiger partial charge < -0.3 is 15.3 Å². The first-order valence-corrected chi connectivity index (χ1v) is 7.12. The number of urea groups is 1. The Morgan fingerprint density at radius 1 is 1.41 bits per heavy atom. The van der Waals surface area contributed by atoms with Crippen LogP contribution < -0.4 is 5.32 Å². The Labute approximate surface area is 105 Å². The number of amides is 2. The molecule has 2 N–H and O–H groups in total. The summed E-state index contributed by atoms with van der Waals surface area (Å²) in [5, 5.41) is 12.1. The molecule has 0 bridgehead atoms. The van der Waals surface area contributed by atoms with Crippen LogP contribution in [0.5, 0.6) is 0 Å². The van der Waals surface area contributed by atoms with Gasteiger partial charge in [-0.1, -0.05) is 6.92 Å². The van der Waals surface area contributed by atoms with Gasteiger partial charge in [0.05, 0.1) is 0 Å². The monoisotopic (exact) mass is 258 g/mol. The summed E-state index contributed by atoms with van der Waals surface area (Å²) in [6.45, 7) is 2.43. The number of likely N-dealkylation sites (tertiary alicyclic amines) is 1. The second-order valence-electron chi connectivity index (χ2n) is 4.75. The molecule has 0 aromatic heterocycles. The lowest BCUT2D eigenvalue weighted by molar-refractivity contribution is -0.142. The molecule has 0 radical (unpaired) electrons. The molecule has 0 saturated carbocycles. The maximum Gasteiger partial charge on any atom is 0.326 e. The Morgan fingerprint density at radius 3 is 2.76 bits per heavy atom. The van der Waals surface area contributed by atoms with E-state index in [-0.39, 0.29) is 18.0 Å². The Hall–Kier alpha value is -0.910. The van der Waals surface area contributed by atoms with E-state index in [1.807, 2.05) is 18.7 Å². The summed E-state index contributed by atoms with van der Waals surface area (Å²) in [4.78, 5) is 24.6. The zero-order valence-corrected chi connectivity index (χ0v) is 10.7. The van der Waals surface area contributed by atoms with Crippen molar-refractivity contribution in [2.24, 2.45) is 5.92 Å². The molecule has 0 aromatic carbocycles. The number of carboxylic acids is 1. The Bertz CT molecular complexity index is 318. The molecule has 0 aliphatic carbocycles. The second kappa shape index (κ2) is 5.16. The summed E-state index contributed by atoms with van der Waals surface area (Å²) in [7, 11) is 0. The van der Waals surface area contributed by atoms with Gasteiger partial charge in [-0.05, 0) is 24.5 Å². The fourth-order valence-corrected chi connectivity index (χ4v) is 3.61. The van der Waals surface area contributed by atoms with Gasteiger partial charge in [-0.15, -0.1) is 0 Å². The highest BCUT2D eigenvalue weighted by Gasteiger charge is 2.40. The minimum Gasteiger partial charge on any atom is -0.480 e. The van der Waals surface area contributed by atoms with E-state index in [1.54, 1.807) is 0 Å². The lowest BCUT2D eigenvalue weighted by Crippen LogP contribution is -2.50. The minimum atomic E-state index is -0.897. The summed E-state index contributed by atoms with van der Waals surface area (Å²) in [5.74, 6) is 1.15. The smallest absolute Gasteiger partial charge is 0.326 e. The van der Waals surface area contributed by atoms with Gasteiger partial charge in [0.15, 0.2) is 0 Å². The number of carboxylic acid groups (broad SMARTS) is 1. The fraction of sp³-hybridized carbons (Fsp3) is 0.818. The molecule has 2 aliphatic heterocycles. The highest BCUT2D eigenvalue weighted by Crippen LogP contribution is 2.25. The first-order chi connectivity index (χ1) is 8.09. The zero-order chi connectivity index (χ0) is 12.4. The molecule has 2 saturated heterocycles. The van der Waals surface area contributed by atoms with Crippen LogP contribution in [-0.2, 0) is 4.79 Å². The van der Waals surface area contributed by atoms with Crippen molar-refractivity contribution in [3.63, 3.8) is 0 Å². The van der Waals surface area contributed by atoms with Crippen LogP contribution in [0.1, 0.15) is 19.8 Å². The summed E-state index contributed by atoms with van der Waals surface area (Å²) < 4.78 is 0. The van der Waals surface area contributed by atoms with Crippen molar-refractivity contribution in [2.75, 3.05) is 18.1 Å². The van der Waals surface area contributed by atoms with Gasteiger partial charge in [0.25, 0.3) is 0 Å². The molecule has 2 aliphatic rings. The van der Waals surface area contributed by atoms with E-state index in [4.69, 9.17) is 5.11 Å². The molecule has 96 valence electrons. The van der Waals surface area contributed by atoms with Crippen molar-refractivity contribution in [3.8, 4) is 0 Å². The molecular weight excluding hydrogens is 240 g/mol. The molecule has 3 unspecified atom stereocenters. The first kappa shape index (κ1) is 12.5. The van der Waals surface area contributed by atoms with Gasteiger partial charge in [-0.2, -0.15) is 11.8 Å². The predicted octanol–water partition coefficient (Wildman–Crippen LogP) is 0.997. The second-order valence-corrected chi connectivity index (χ2v) is 5.90. The number of rotatable bonds is 2. The number of hydrogen-bond acceptors (Lipinski definition) is 3. The standard InChI is InChI=1S/C11H18N2O3S/c1-7-2-4-13(9(7)10(14)15)11(16)12-8-3-5-17-6-8/h7-9H,2-6H2,1H3,(H,12,16)(H,14,15). The minimum absolute atomic E-state index is 0.0382. The predicted molar refractivity (Wildman–Crippen MR) is 66.2 cm³/mol. The van der Waals surface area contributed by atoms with Crippen molar-refractivity contribution < 1.29 is 14.7 Å². The molecule has 6 heteroatoms. The van der Waals surface area contributed by atoms with E-state index in [9.17, 15) is 9.59 Å². The summed E-state index contributed by atoms with van der Waals surface area (Å²) in [6.07, 6.45) is 1.75. The van der Waals surface area contributed by atoms with Crippen molar-refractivity contribution in [3.05, 3.63) is 0 Å². The summed E-state index contributed by atoms with van der Waals surface area (Å²) in [6, 6.07) is -0.670. The van der Waals surface area contributed by atoms with Crippen molar-refractivity contribution >= 4 is 23.8 Å². The van der Waals surface area contributed by atoms with Crippen LogP contribution in [0.2, 0.25) is 0 Å². The lowest BCUT2D eigenvalue weighted by atomic mass is 10.0. The molecule has 2 rings (SSSR count). The maximum atomic E-state index is 12.0. The number of thioether (sulfide) groups is 1. The SMILES string of the molecule is CC1CCN(C(=O)NC2CCSC2)C1C(=O)O. The average Bonchev–Trinajstić information content (AvgIpc) is 2.86. The number of nitrogens with one attached hydrogen (secondary N) is 1. The van der Waals surface area contributed by atoms with Gasteiger partial charge in [-0.3, -0.25) is 0 Å². The van der Waals surface area contributed by atoms with Gasteiger partial charge in [0.2, 0.25) is 0 Å². The first-order valence-electron chi connectivity index (χ1n) is 5.97. The van der Waals surface area contributed by atoms with Gasteiger partial charge in [-0.25, -0.2) is 9.59 Å². The van der Waals surface area contributed by atoms with E-state index < -0.39 is 12.0 Å². The third kappa shape index (κ3) is 2.68. The van der Waals surface area contributed by atoms with Gasteiger partial charge >= 0.3 is 12.0 Å². The van der Waals surface area contributed by atoms with Crippen LogP contribution in [0.15, 0.2) is 0 Å². The molecule has 17 heavy (non-hydrogen) atoms. The van der Waals surface area contributed by atoms with E-state index in [2.05, 4.69) is 5.32 Å². The van der Waals surface area contributed by atoms with E-state index in [0.29, 0.717) is 6.54 Å². The third-order valence-electron chi connectivity index (χ3n) is 3.47. The summed E-state index contributed by atoms with van der Waals surface area (Å²) in [5.41, 5.74) is 0. The molecule has 3 atom stereocenters. The highest BCUT2D eigenvalue weighted by molar-refractivity contribution is 7.99. The largest absolute Gasteiger partial charge is 0.480 e. The molecule has 2 fully saturated rings. The molecule has 2 amide bonds. The molecule has 2 heterocycles.